The average Bonchev–Trinajstić information content (AvgIpc) is 2.65. The lowest BCUT2D eigenvalue weighted by Crippen LogP contribution is -2.44. The molecular weight excluding hydrogens is 196 g/mol. The Morgan fingerprint density at radius 2 is 2.00 bits per heavy atom. The molecule has 0 aromatic heterocycles. The van der Waals surface area contributed by atoms with Crippen LogP contribution in [0.15, 0.2) is 0 Å². The molecule has 1 aliphatic carbocycles. The van der Waals surface area contributed by atoms with Crippen molar-refractivity contribution in [1.29, 1.82) is 0 Å². The summed E-state index contributed by atoms with van der Waals surface area (Å²) >= 11 is 0. The van der Waals surface area contributed by atoms with Crippen LogP contribution in [0.25, 0.3) is 0 Å². The van der Waals surface area contributed by atoms with Crippen LogP contribution in [0.4, 0.5) is 0 Å². The van der Waals surface area contributed by atoms with E-state index in [2.05, 4.69) is 24.2 Å². The van der Waals surface area contributed by atoms with Crippen molar-refractivity contribution in [2.24, 2.45) is 11.3 Å². The van der Waals surface area contributed by atoms with Crippen LogP contribution in [0.5, 0.6) is 0 Å². The van der Waals surface area contributed by atoms with Gasteiger partial charge in [-0.25, -0.2) is 0 Å². The minimum Gasteiger partial charge on any atom is -0.319 e. The van der Waals surface area contributed by atoms with Gasteiger partial charge in [0.25, 0.3) is 0 Å². The van der Waals surface area contributed by atoms with E-state index in [0.29, 0.717) is 5.41 Å². The van der Waals surface area contributed by atoms with Gasteiger partial charge in [0, 0.05) is 19.6 Å². The highest BCUT2D eigenvalue weighted by Crippen LogP contribution is 2.37. The van der Waals surface area contributed by atoms with Crippen molar-refractivity contribution < 1.29 is 0 Å². The van der Waals surface area contributed by atoms with Gasteiger partial charge in [0.1, 0.15) is 0 Å². The zero-order chi connectivity index (χ0) is 11.4. The Bertz CT molecular complexity index is 203. The molecule has 16 heavy (non-hydrogen) atoms. The van der Waals surface area contributed by atoms with Crippen LogP contribution >= 0.6 is 0 Å². The molecule has 1 N–H and O–H groups in total. The van der Waals surface area contributed by atoms with E-state index in [1.54, 1.807) is 0 Å². The number of likely N-dealkylation sites (tertiary alicyclic amines) is 1. The quantitative estimate of drug-likeness (QED) is 0.789. The highest BCUT2D eigenvalue weighted by atomic mass is 15.2. The van der Waals surface area contributed by atoms with Crippen LogP contribution in [0.1, 0.15) is 45.4 Å². The molecule has 0 aromatic rings. The first-order valence-corrected chi connectivity index (χ1v) is 7.11. The van der Waals surface area contributed by atoms with Gasteiger partial charge < -0.3 is 10.2 Å². The standard InChI is InChI=1S/C14H28N2/c1-13-6-9-16(10-13)12-14(11-15-2)7-4-3-5-8-14/h13,15H,3-12H2,1-2H3. The summed E-state index contributed by atoms with van der Waals surface area (Å²) in [6.07, 6.45) is 8.66. The maximum absolute atomic E-state index is 3.44. The van der Waals surface area contributed by atoms with E-state index in [4.69, 9.17) is 0 Å². The minimum absolute atomic E-state index is 0.594. The number of hydrogen-bond acceptors (Lipinski definition) is 2. The zero-order valence-electron chi connectivity index (χ0n) is 11.1. The molecule has 94 valence electrons. The van der Waals surface area contributed by atoms with Crippen molar-refractivity contribution in [2.45, 2.75) is 45.4 Å². The lowest BCUT2D eigenvalue weighted by molar-refractivity contribution is 0.117. The molecule has 2 fully saturated rings. The predicted molar refractivity (Wildman–Crippen MR) is 69.7 cm³/mol. The molecular formula is C14H28N2. The van der Waals surface area contributed by atoms with Crippen molar-refractivity contribution in [2.75, 3.05) is 33.2 Å². The summed E-state index contributed by atoms with van der Waals surface area (Å²) in [6, 6.07) is 0. The monoisotopic (exact) mass is 224 g/mol. The van der Waals surface area contributed by atoms with Crippen LogP contribution in [-0.4, -0.2) is 38.1 Å². The molecule has 1 saturated heterocycles. The van der Waals surface area contributed by atoms with Crippen LogP contribution < -0.4 is 5.32 Å². The van der Waals surface area contributed by atoms with Crippen molar-refractivity contribution >= 4 is 0 Å². The van der Waals surface area contributed by atoms with Gasteiger partial charge in [0.2, 0.25) is 0 Å². The van der Waals surface area contributed by atoms with Gasteiger partial charge in [0.05, 0.1) is 0 Å². The Morgan fingerprint density at radius 1 is 1.25 bits per heavy atom. The van der Waals surface area contributed by atoms with Gasteiger partial charge in [-0.15, -0.1) is 0 Å². The van der Waals surface area contributed by atoms with E-state index in [-0.39, 0.29) is 0 Å². The Kier molecular flexibility index (Phi) is 4.26. The summed E-state index contributed by atoms with van der Waals surface area (Å²) in [5.74, 6) is 0.926. The molecule has 0 amide bonds. The van der Waals surface area contributed by atoms with E-state index in [1.807, 2.05) is 0 Å². The van der Waals surface area contributed by atoms with E-state index in [0.717, 1.165) is 5.92 Å². The SMILES string of the molecule is CNCC1(CN2CCC(C)C2)CCCCC1. The molecule has 2 aliphatic rings. The molecule has 1 saturated carbocycles. The smallest absolute Gasteiger partial charge is 0.00503 e. The third-order valence-corrected chi connectivity index (χ3v) is 4.53. The van der Waals surface area contributed by atoms with Gasteiger partial charge in [-0.1, -0.05) is 26.2 Å². The number of nitrogens with zero attached hydrogens (tertiary/aromatic N) is 1. The first-order chi connectivity index (χ1) is 7.74. The first kappa shape index (κ1) is 12.4. The van der Waals surface area contributed by atoms with E-state index < -0.39 is 0 Å². The summed E-state index contributed by atoms with van der Waals surface area (Å²) in [5.41, 5.74) is 0.594. The Balaban J connectivity index is 1.91. The average molecular weight is 224 g/mol. The van der Waals surface area contributed by atoms with Crippen molar-refractivity contribution in [3.05, 3.63) is 0 Å². The topological polar surface area (TPSA) is 15.3 Å². The molecule has 1 atom stereocenters. The fourth-order valence-electron chi connectivity index (χ4n) is 3.71. The molecule has 2 nitrogen and oxygen atoms in total. The van der Waals surface area contributed by atoms with Gasteiger partial charge in [-0.05, 0) is 44.2 Å². The minimum atomic E-state index is 0.594. The second-order valence-electron chi connectivity index (χ2n) is 6.22. The second-order valence-corrected chi connectivity index (χ2v) is 6.22. The van der Waals surface area contributed by atoms with Crippen LogP contribution in [0.3, 0.4) is 0 Å². The number of nitrogens with one attached hydrogen (secondary N) is 1. The molecule has 1 heterocycles. The van der Waals surface area contributed by atoms with Crippen LogP contribution in [0.2, 0.25) is 0 Å². The van der Waals surface area contributed by atoms with Gasteiger partial charge in [-0.2, -0.15) is 0 Å². The van der Waals surface area contributed by atoms with Gasteiger partial charge in [-0.3, -0.25) is 0 Å². The van der Waals surface area contributed by atoms with E-state index >= 15 is 0 Å². The normalized spacial score (nSPS) is 30.8. The van der Waals surface area contributed by atoms with E-state index in [9.17, 15) is 0 Å². The maximum atomic E-state index is 3.44. The molecule has 2 rings (SSSR count). The Labute approximate surface area is 101 Å². The summed E-state index contributed by atoms with van der Waals surface area (Å²) < 4.78 is 0. The van der Waals surface area contributed by atoms with Crippen LogP contribution in [-0.2, 0) is 0 Å². The highest BCUT2D eigenvalue weighted by molar-refractivity contribution is 4.89. The zero-order valence-corrected chi connectivity index (χ0v) is 11.1. The third kappa shape index (κ3) is 2.98. The fraction of sp³-hybridized carbons (Fsp3) is 1.00. The number of rotatable bonds is 4. The summed E-state index contributed by atoms with van der Waals surface area (Å²) in [4.78, 5) is 2.72. The molecule has 0 spiro atoms. The molecule has 0 radical (unpaired) electrons. The fourth-order valence-corrected chi connectivity index (χ4v) is 3.71. The molecule has 1 unspecified atom stereocenters. The third-order valence-electron chi connectivity index (χ3n) is 4.53. The number of hydrogen-bond donors (Lipinski definition) is 1. The first-order valence-electron chi connectivity index (χ1n) is 7.11. The van der Waals surface area contributed by atoms with Crippen molar-refractivity contribution in [3.8, 4) is 0 Å². The van der Waals surface area contributed by atoms with Gasteiger partial charge in [0.15, 0.2) is 0 Å². The molecule has 0 bridgehead atoms. The molecule has 2 heteroatoms. The maximum Gasteiger partial charge on any atom is 0.00503 e. The molecule has 1 aliphatic heterocycles. The highest BCUT2D eigenvalue weighted by Gasteiger charge is 2.34. The summed E-state index contributed by atoms with van der Waals surface area (Å²) in [6.45, 7) is 7.64. The van der Waals surface area contributed by atoms with Crippen molar-refractivity contribution in [1.82, 2.24) is 10.2 Å². The Hall–Kier alpha value is -0.0800. The van der Waals surface area contributed by atoms with Gasteiger partial charge >= 0.3 is 0 Å². The lowest BCUT2D eigenvalue weighted by Gasteiger charge is -2.40. The van der Waals surface area contributed by atoms with E-state index in [1.165, 1.54) is 64.7 Å². The second kappa shape index (κ2) is 5.50. The lowest BCUT2D eigenvalue weighted by atomic mass is 9.73. The largest absolute Gasteiger partial charge is 0.319 e. The summed E-state index contributed by atoms with van der Waals surface area (Å²) in [7, 11) is 2.11. The Morgan fingerprint density at radius 3 is 2.56 bits per heavy atom. The van der Waals surface area contributed by atoms with Crippen molar-refractivity contribution in [3.63, 3.8) is 0 Å². The summed E-state index contributed by atoms with van der Waals surface area (Å²) in [5, 5.41) is 3.44. The molecule has 0 aromatic carbocycles. The predicted octanol–water partition coefficient (Wildman–Crippen LogP) is 2.50. The van der Waals surface area contributed by atoms with Crippen LogP contribution in [0, 0.1) is 11.3 Å².